The van der Waals surface area contributed by atoms with Crippen LogP contribution in [-0.4, -0.2) is 181 Å². The molecule has 16 atom stereocenters. The lowest BCUT2D eigenvalue weighted by Gasteiger charge is -2.42. The lowest BCUT2D eigenvalue weighted by molar-refractivity contribution is -0.331. The smallest absolute Gasteiger partial charge is 0.187 e. The highest BCUT2D eigenvalue weighted by Crippen LogP contribution is 2.30. The first-order chi connectivity index (χ1) is 17.5. The van der Waals surface area contributed by atoms with E-state index in [0.29, 0.717) is 0 Å². The predicted molar refractivity (Wildman–Crippen MR) is 112 cm³/mol. The molecule has 218 valence electrons. The van der Waals surface area contributed by atoms with Crippen molar-refractivity contribution in [2.45, 2.75) is 98.2 Å². The minimum absolute atomic E-state index is 0.578. The van der Waals surface area contributed by atoms with Crippen LogP contribution in [0, 0.1) is 0 Å². The van der Waals surface area contributed by atoms with Crippen LogP contribution in [0.25, 0.3) is 0 Å². The summed E-state index contributed by atoms with van der Waals surface area (Å²) in [5.74, 6) is 0. The molecule has 0 saturated carbocycles. The molecule has 37 heavy (non-hydrogen) atoms. The van der Waals surface area contributed by atoms with Crippen molar-refractivity contribution in [3.63, 3.8) is 0 Å². The van der Waals surface area contributed by atoms with Gasteiger partial charge in [0.2, 0.25) is 0 Å². The maximum Gasteiger partial charge on any atom is 0.187 e. The quantitative estimate of drug-likeness (QED) is 0.134. The molecule has 3 fully saturated rings. The SMILES string of the molecule is CO[C@@H]1O[C@H](CO[C@H]2O[C@H](CO)[C@@H](O[C@@H]3O[C@H](CO)[C@H](O)[C@H](O)[C@H]3O)[C@H](O)[C@H](O)[C@H]2O)[C@@H](O)[C@H](O)[C@H]1O. The summed E-state index contributed by atoms with van der Waals surface area (Å²) < 4.78 is 31.8. The number of rotatable bonds is 8. The lowest BCUT2D eigenvalue weighted by atomic mass is 9.98. The van der Waals surface area contributed by atoms with Crippen molar-refractivity contribution in [1.29, 1.82) is 0 Å². The zero-order chi connectivity index (χ0) is 27.6. The Morgan fingerprint density at radius 1 is 0.514 bits per heavy atom. The van der Waals surface area contributed by atoms with E-state index in [1.807, 2.05) is 0 Å². The van der Waals surface area contributed by atoms with E-state index in [1.54, 1.807) is 0 Å². The Bertz CT molecular complexity index is 696. The highest BCUT2D eigenvalue weighted by Gasteiger charge is 2.51. The third-order valence-corrected chi connectivity index (χ3v) is 6.64. The van der Waals surface area contributed by atoms with E-state index in [2.05, 4.69) is 0 Å². The monoisotopic (exact) mass is 548 g/mol. The summed E-state index contributed by atoms with van der Waals surface area (Å²) in [5.41, 5.74) is 0. The fourth-order valence-corrected chi connectivity index (χ4v) is 4.33. The van der Waals surface area contributed by atoms with Gasteiger partial charge in [0.15, 0.2) is 18.9 Å². The molecule has 0 aromatic rings. The highest BCUT2D eigenvalue weighted by molar-refractivity contribution is 4.95. The Labute approximate surface area is 210 Å². The van der Waals surface area contributed by atoms with E-state index in [0.717, 1.165) is 0 Å². The topological polar surface area (TPSA) is 278 Å². The fraction of sp³-hybridized carbons (Fsp3) is 1.00. The molecule has 17 nitrogen and oxygen atoms in total. The third-order valence-electron chi connectivity index (χ3n) is 6.64. The molecule has 0 bridgehead atoms. The van der Waals surface area contributed by atoms with Gasteiger partial charge in [0.1, 0.15) is 79.4 Å². The largest absolute Gasteiger partial charge is 0.394 e. The molecule has 0 radical (unpaired) electrons. The summed E-state index contributed by atoms with van der Waals surface area (Å²) in [4.78, 5) is 0. The van der Waals surface area contributed by atoms with E-state index in [-0.39, 0.29) is 0 Å². The summed E-state index contributed by atoms with van der Waals surface area (Å²) in [6, 6.07) is 0. The first-order valence-electron chi connectivity index (χ1n) is 11.6. The number of aliphatic hydroxyl groups is 11. The third kappa shape index (κ3) is 6.39. The van der Waals surface area contributed by atoms with Crippen LogP contribution in [0.5, 0.6) is 0 Å². The van der Waals surface area contributed by atoms with Gasteiger partial charge in [-0.3, -0.25) is 0 Å². The Morgan fingerprint density at radius 2 is 0.973 bits per heavy atom. The highest BCUT2D eigenvalue weighted by atomic mass is 16.7. The standard InChI is InChI=1S/C20H36O17/c1-32-18-14(29)11(26)9(24)7(36-18)4-33-19-15(30)12(27)13(28)17(6(3-22)35-19)37-20-16(31)10(25)8(23)5(2-21)34-20/h5-31H,2-4H2,1H3/t5-,6-,7-,8+,9-,10+,11+,12+,13-,14-,15-,16-,17-,18-,19+,20+/m1/s1. The van der Waals surface area contributed by atoms with Gasteiger partial charge in [0, 0.05) is 7.11 Å². The lowest BCUT2D eigenvalue weighted by Crippen LogP contribution is -2.61. The van der Waals surface area contributed by atoms with Crippen molar-refractivity contribution in [3.8, 4) is 0 Å². The number of hydrogen-bond acceptors (Lipinski definition) is 17. The minimum Gasteiger partial charge on any atom is -0.394 e. The molecule has 0 aromatic carbocycles. The van der Waals surface area contributed by atoms with Crippen molar-refractivity contribution in [3.05, 3.63) is 0 Å². The van der Waals surface area contributed by atoms with E-state index in [4.69, 9.17) is 28.4 Å². The number of methoxy groups -OCH3 is 1. The van der Waals surface area contributed by atoms with Crippen LogP contribution in [0.15, 0.2) is 0 Å². The van der Waals surface area contributed by atoms with Crippen molar-refractivity contribution >= 4 is 0 Å². The number of aliphatic hydroxyl groups excluding tert-OH is 11. The van der Waals surface area contributed by atoms with Crippen molar-refractivity contribution in [1.82, 2.24) is 0 Å². The van der Waals surface area contributed by atoms with E-state index in [1.165, 1.54) is 7.11 Å². The van der Waals surface area contributed by atoms with Crippen LogP contribution in [0.4, 0.5) is 0 Å². The van der Waals surface area contributed by atoms with E-state index in [9.17, 15) is 56.2 Å². The van der Waals surface area contributed by atoms with Gasteiger partial charge in [-0.25, -0.2) is 0 Å². The van der Waals surface area contributed by atoms with E-state index < -0.39 is 118 Å². The fourth-order valence-electron chi connectivity index (χ4n) is 4.33. The van der Waals surface area contributed by atoms with Crippen LogP contribution in [0.2, 0.25) is 0 Å². The molecule has 3 saturated heterocycles. The van der Waals surface area contributed by atoms with Gasteiger partial charge < -0.3 is 84.6 Å². The average Bonchev–Trinajstić information content (AvgIpc) is 2.97. The van der Waals surface area contributed by atoms with Crippen LogP contribution in [-0.2, 0) is 28.4 Å². The Morgan fingerprint density at radius 3 is 1.54 bits per heavy atom. The van der Waals surface area contributed by atoms with Gasteiger partial charge in [-0.05, 0) is 0 Å². The molecule has 3 aliphatic rings. The van der Waals surface area contributed by atoms with E-state index >= 15 is 0 Å². The zero-order valence-electron chi connectivity index (χ0n) is 19.7. The summed E-state index contributed by atoms with van der Waals surface area (Å²) >= 11 is 0. The second kappa shape index (κ2) is 13.1. The molecular weight excluding hydrogens is 512 g/mol. The predicted octanol–water partition coefficient (Wildman–Crippen LogP) is -7.56. The molecule has 11 N–H and O–H groups in total. The van der Waals surface area contributed by atoms with Gasteiger partial charge >= 0.3 is 0 Å². The molecular formula is C20H36O17. The molecule has 3 rings (SSSR count). The number of ether oxygens (including phenoxy) is 6. The number of hydrogen-bond donors (Lipinski definition) is 11. The van der Waals surface area contributed by atoms with Crippen LogP contribution >= 0.6 is 0 Å². The molecule has 0 spiro atoms. The molecule has 17 heteroatoms. The molecule has 0 aromatic heterocycles. The van der Waals surface area contributed by atoms with Gasteiger partial charge in [0.25, 0.3) is 0 Å². The zero-order valence-corrected chi connectivity index (χ0v) is 19.7. The first kappa shape index (κ1) is 30.9. The molecule has 3 aliphatic heterocycles. The van der Waals surface area contributed by atoms with Gasteiger partial charge in [-0.1, -0.05) is 0 Å². The van der Waals surface area contributed by atoms with Gasteiger partial charge in [0.05, 0.1) is 19.8 Å². The van der Waals surface area contributed by atoms with Crippen LogP contribution in [0.3, 0.4) is 0 Å². The second-order valence-corrected chi connectivity index (χ2v) is 9.08. The van der Waals surface area contributed by atoms with Crippen molar-refractivity contribution in [2.75, 3.05) is 26.9 Å². The Balaban J connectivity index is 1.72. The summed E-state index contributed by atoms with van der Waals surface area (Å²) in [6.07, 6.45) is -26.9. The summed E-state index contributed by atoms with van der Waals surface area (Å²) in [6.45, 7) is -2.22. The minimum atomic E-state index is -2.02. The normalized spacial score (nSPS) is 51.6. The van der Waals surface area contributed by atoms with Crippen molar-refractivity contribution < 1.29 is 84.6 Å². The molecule has 0 amide bonds. The maximum atomic E-state index is 10.6. The van der Waals surface area contributed by atoms with Crippen molar-refractivity contribution in [2.24, 2.45) is 0 Å². The van der Waals surface area contributed by atoms with Gasteiger partial charge in [-0.2, -0.15) is 0 Å². The molecule has 0 unspecified atom stereocenters. The Hall–Kier alpha value is -0.680. The summed E-state index contributed by atoms with van der Waals surface area (Å²) in [7, 11) is 1.19. The van der Waals surface area contributed by atoms with Crippen LogP contribution < -0.4 is 0 Å². The maximum absolute atomic E-state index is 10.6. The van der Waals surface area contributed by atoms with Gasteiger partial charge in [-0.15, -0.1) is 0 Å². The first-order valence-corrected chi connectivity index (χ1v) is 11.6. The van der Waals surface area contributed by atoms with Crippen LogP contribution in [0.1, 0.15) is 0 Å². The molecule has 3 heterocycles. The summed E-state index contributed by atoms with van der Waals surface area (Å²) in [5, 5.41) is 111. The average molecular weight is 548 g/mol. The molecule has 0 aliphatic carbocycles. The Kier molecular flexibility index (Phi) is 10.9. The second-order valence-electron chi connectivity index (χ2n) is 9.08.